The van der Waals surface area contributed by atoms with E-state index in [9.17, 15) is 0 Å². The third kappa shape index (κ3) is 2.14. The summed E-state index contributed by atoms with van der Waals surface area (Å²) in [6.45, 7) is 0. The topological polar surface area (TPSA) is 67.6 Å². The molecule has 0 unspecified atom stereocenters. The standard InChI is InChI=1S/C12H9ClN4S/c13-8-6-15-4-3-11(8)18-12-16-9-2-1-7(14)5-10(9)17-12/h1-6H,14H2,(H,16,17). The van der Waals surface area contributed by atoms with Gasteiger partial charge in [-0.3, -0.25) is 4.98 Å². The Morgan fingerprint density at radius 3 is 3.00 bits per heavy atom. The smallest absolute Gasteiger partial charge is 0.171 e. The van der Waals surface area contributed by atoms with Crippen molar-refractivity contribution in [3.63, 3.8) is 0 Å². The minimum Gasteiger partial charge on any atom is -0.399 e. The number of pyridine rings is 1. The van der Waals surface area contributed by atoms with Crippen LogP contribution in [0.5, 0.6) is 0 Å². The molecule has 6 heteroatoms. The molecule has 3 N–H and O–H groups in total. The van der Waals surface area contributed by atoms with E-state index < -0.39 is 0 Å². The summed E-state index contributed by atoms with van der Waals surface area (Å²) in [6, 6.07) is 7.44. The van der Waals surface area contributed by atoms with Gasteiger partial charge in [-0.25, -0.2) is 4.98 Å². The van der Waals surface area contributed by atoms with Crippen molar-refractivity contribution in [2.75, 3.05) is 5.73 Å². The number of nitrogens with two attached hydrogens (primary N) is 1. The molecule has 3 rings (SSSR count). The van der Waals surface area contributed by atoms with Crippen molar-refractivity contribution in [2.45, 2.75) is 10.1 Å². The van der Waals surface area contributed by atoms with Gasteiger partial charge in [0.25, 0.3) is 0 Å². The summed E-state index contributed by atoms with van der Waals surface area (Å²) in [5, 5.41) is 1.39. The highest BCUT2D eigenvalue weighted by Gasteiger charge is 2.07. The zero-order chi connectivity index (χ0) is 12.5. The van der Waals surface area contributed by atoms with Gasteiger partial charge >= 0.3 is 0 Å². The normalized spacial score (nSPS) is 10.9. The molecule has 90 valence electrons. The number of H-pyrrole nitrogens is 1. The molecule has 0 aliphatic rings. The molecule has 2 heterocycles. The molecular formula is C12H9ClN4S. The summed E-state index contributed by atoms with van der Waals surface area (Å²) in [5.41, 5.74) is 8.24. The van der Waals surface area contributed by atoms with Gasteiger partial charge in [0.2, 0.25) is 0 Å². The largest absolute Gasteiger partial charge is 0.399 e. The number of nitrogens with one attached hydrogen (secondary N) is 1. The zero-order valence-corrected chi connectivity index (χ0v) is 10.8. The molecule has 3 aromatic rings. The highest BCUT2D eigenvalue weighted by molar-refractivity contribution is 7.99. The average molecular weight is 277 g/mol. The average Bonchev–Trinajstić information content (AvgIpc) is 2.73. The first-order valence-corrected chi connectivity index (χ1v) is 6.44. The zero-order valence-electron chi connectivity index (χ0n) is 9.22. The predicted molar refractivity (Wildman–Crippen MR) is 73.9 cm³/mol. The second kappa shape index (κ2) is 4.51. The molecule has 4 nitrogen and oxygen atoms in total. The number of fused-ring (bicyclic) bond motifs is 1. The molecule has 0 amide bonds. The van der Waals surface area contributed by atoms with Crippen molar-refractivity contribution >= 4 is 40.1 Å². The maximum absolute atomic E-state index is 6.05. The van der Waals surface area contributed by atoms with Crippen LogP contribution in [0.25, 0.3) is 11.0 Å². The lowest BCUT2D eigenvalue weighted by Crippen LogP contribution is -1.82. The van der Waals surface area contributed by atoms with Crippen LogP contribution in [0, 0.1) is 0 Å². The molecule has 0 saturated carbocycles. The molecular weight excluding hydrogens is 268 g/mol. The number of aromatic amines is 1. The molecule has 1 aromatic carbocycles. The number of aromatic nitrogens is 3. The highest BCUT2D eigenvalue weighted by Crippen LogP contribution is 2.32. The van der Waals surface area contributed by atoms with E-state index in [-0.39, 0.29) is 0 Å². The number of nitrogen functional groups attached to an aromatic ring is 1. The molecule has 0 fully saturated rings. The van der Waals surface area contributed by atoms with E-state index in [1.807, 2.05) is 24.3 Å². The summed E-state index contributed by atoms with van der Waals surface area (Å²) in [7, 11) is 0. The molecule has 0 saturated heterocycles. The van der Waals surface area contributed by atoms with Gasteiger partial charge < -0.3 is 10.7 Å². The van der Waals surface area contributed by atoms with Crippen LogP contribution in [-0.2, 0) is 0 Å². The fraction of sp³-hybridized carbons (Fsp3) is 0. The highest BCUT2D eigenvalue weighted by atomic mass is 35.5. The van der Waals surface area contributed by atoms with Crippen LogP contribution in [0.4, 0.5) is 5.69 Å². The quantitative estimate of drug-likeness (QED) is 0.705. The summed E-state index contributed by atoms with van der Waals surface area (Å²) >= 11 is 7.52. The van der Waals surface area contributed by atoms with Gasteiger partial charge in [0, 0.05) is 23.0 Å². The number of nitrogens with zero attached hydrogens (tertiary/aromatic N) is 2. The summed E-state index contributed by atoms with van der Waals surface area (Å²) in [5.74, 6) is 0. The SMILES string of the molecule is Nc1ccc2nc(Sc3ccncc3Cl)[nH]c2c1. The molecule has 0 bridgehead atoms. The number of rotatable bonds is 2. The number of halogens is 1. The molecule has 0 spiro atoms. The van der Waals surface area contributed by atoms with Gasteiger partial charge in [-0.1, -0.05) is 23.4 Å². The lowest BCUT2D eigenvalue weighted by atomic mass is 10.3. The van der Waals surface area contributed by atoms with Crippen LogP contribution < -0.4 is 5.73 Å². The van der Waals surface area contributed by atoms with Gasteiger partial charge in [0.1, 0.15) is 0 Å². The molecule has 0 aliphatic heterocycles. The van der Waals surface area contributed by atoms with Crippen molar-refractivity contribution in [1.29, 1.82) is 0 Å². The van der Waals surface area contributed by atoms with Crippen LogP contribution >= 0.6 is 23.4 Å². The fourth-order valence-corrected chi connectivity index (χ4v) is 2.63. The van der Waals surface area contributed by atoms with Gasteiger partial charge in [-0.15, -0.1) is 0 Å². The van der Waals surface area contributed by atoms with Crippen LogP contribution in [0.3, 0.4) is 0 Å². The monoisotopic (exact) mass is 276 g/mol. The third-order valence-electron chi connectivity index (χ3n) is 2.43. The first-order valence-electron chi connectivity index (χ1n) is 5.25. The third-order valence-corrected chi connectivity index (χ3v) is 3.80. The van der Waals surface area contributed by atoms with Crippen LogP contribution in [0.1, 0.15) is 0 Å². The summed E-state index contributed by atoms with van der Waals surface area (Å²) in [4.78, 5) is 12.5. The van der Waals surface area contributed by atoms with Gasteiger partial charge in [-0.05, 0) is 24.3 Å². The Hall–Kier alpha value is -1.72. The van der Waals surface area contributed by atoms with Crippen molar-refractivity contribution in [1.82, 2.24) is 15.0 Å². The van der Waals surface area contributed by atoms with Crippen molar-refractivity contribution in [3.8, 4) is 0 Å². The number of imidazole rings is 1. The fourth-order valence-electron chi connectivity index (χ4n) is 1.60. The van der Waals surface area contributed by atoms with Gasteiger partial charge in [0.05, 0.1) is 16.1 Å². The molecule has 0 aliphatic carbocycles. The molecule has 0 radical (unpaired) electrons. The number of benzene rings is 1. The van der Waals surface area contributed by atoms with Gasteiger partial charge in [0.15, 0.2) is 5.16 Å². The Morgan fingerprint density at radius 1 is 1.28 bits per heavy atom. The second-order valence-electron chi connectivity index (χ2n) is 3.73. The van der Waals surface area contributed by atoms with Crippen molar-refractivity contribution in [2.24, 2.45) is 0 Å². The number of hydrogen-bond acceptors (Lipinski definition) is 4. The molecule has 0 atom stereocenters. The maximum atomic E-state index is 6.05. The van der Waals surface area contributed by atoms with E-state index in [0.717, 1.165) is 21.1 Å². The number of hydrogen-bond donors (Lipinski definition) is 2. The Labute approximate surface area is 113 Å². The Morgan fingerprint density at radius 2 is 2.17 bits per heavy atom. The van der Waals surface area contributed by atoms with Crippen LogP contribution in [-0.4, -0.2) is 15.0 Å². The minimum atomic E-state index is 0.613. The maximum Gasteiger partial charge on any atom is 0.171 e. The summed E-state index contributed by atoms with van der Waals surface area (Å²) in [6.07, 6.45) is 3.32. The molecule has 2 aromatic heterocycles. The first-order chi connectivity index (χ1) is 8.72. The lowest BCUT2D eigenvalue weighted by molar-refractivity contribution is 1.08. The van der Waals surface area contributed by atoms with E-state index in [1.165, 1.54) is 11.8 Å². The Kier molecular flexibility index (Phi) is 2.85. The summed E-state index contributed by atoms with van der Waals surface area (Å²) < 4.78 is 0. The van der Waals surface area contributed by atoms with Crippen LogP contribution in [0.2, 0.25) is 5.02 Å². The Bertz CT molecular complexity index is 710. The van der Waals surface area contributed by atoms with Crippen molar-refractivity contribution < 1.29 is 0 Å². The van der Waals surface area contributed by atoms with E-state index in [2.05, 4.69) is 15.0 Å². The minimum absolute atomic E-state index is 0.613. The molecule has 18 heavy (non-hydrogen) atoms. The predicted octanol–water partition coefficient (Wildman–Crippen LogP) is 3.34. The second-order valence-corrected chi connectivity index (χ2v) is 5.16. The lowest BCUT2D eigenvalue weighted by Gasteiger charge is -1.98. The van der Waals surface area contributed by atoms with Crippen LogP contribution in [0.15, 0.2) is 46.7 Å². The van der Waals surface area contributed by atoms with E-state index in [1.54, 1.807) is 12.4 Å². The van der Waals surface area contributed by atoms with E-state index in [0.29, 0.717) is 10.7 Å². The van der Waals surface area contributed by atoms with Gasteiger partial charge in [-0.2, -0.15) is 0 Å². The Balaban J connectivity index is 1.98. The number of anilines is 1. The van der Waals surface area contributed by atoms with Crippen molar-refractivity contribution in [3.05, 3.63) is 41.7 Å². The van der Waals surface area contributed by atoms with E-state index >= 15 is 0 Å². The first kappa shape index (κ1) is 11.4. The van der Waals surface area contributed by atoms with E-state index in [4.69, 9.17) is 17.3 Å².